The van der Waals surface area contributed by atoms with E-state index in [-0.39, 0.29) is 0 Å². The standard InChI is InChI=1S/C24H22O6/c1-24(2)21(29-23(26)10-6-15-4-8-18(27-3)9-5-15)13-17-12-16-7-11-22(25)28-19(16)14-20(17)30-24/h4-12,14,21H,13H2,1-3H3/b10-6+. The van der Waals surface area contributed by atoms with E-state index < -0.39 is 23.3 Å². The van der Waals surface area contributed by atoms with Crippen LogP contribution >= 0.6 is 0 Å². The molecule has 0 aliphatic carbocycles. The number of esters is 1. The van der Waals surface area contributed by atoms with Gasteiger partial charge in [0.15, 0.2) is 0 Å². The van der Waals surface area contributed by atoms with Crippen molar-refractivity contribution in [1.82, 2.24) is 0 Å². The highest BCUT2D eigenvalue weighted by Crippen LogP contribution is 2.37. The van der Waals surface area contributed by atoms with Crippen molar-refractivity contribution >= 4 is 23.0 Å². The first-order valence-corrected chi connectivity index (χ1v) is 9.62. The average molecular weight is 406 g/mol. The Morgan fingerprint density at radius 3 is 2.63 bits per heavy atom. The molecule has 0 N–H and O–H groups in total. The molecular formula is C24H22O6. The molecule has 0 fully saturated rings. The number of carbonyl (C=O) groups is 1. The van der Waals surface area contributed by atoms with Crippen LogP contribution in [0.3, 0.4) is 0 Å². The van der Waals surface area contributed by atoms with Crippen LogP contribution in [0.5, 0.6) is 11.5 Å². The molecule has 4 rings (SSSR count). The second-order valence-electron chi connectivity index (χ2n) is 7.69. The molecule has 0 saturated heterocycles. The molecule has 0 radical (unpaired) electrons. The third kappa shape index (κ3) is 4.08. The highest BCUT2D eigenvalue weighted by atomic mass is 16.6. The number of ether oxygens (including phenoxy) is 3. The molecule has 0 bridgehead atoms. The molecular weight excluding hydrogens is 384 g/mol. The largest absolute Gasteiger partial charge is 0.497 e. The Labute approximate surface area is 173 Å². The first-order chi connectivity index (χ1) is 14.3. The average Bonchev–Trinajstić information content (AvgIpc) is 2.71. The van der Waals surface area contributed by atoms with Crippen LogP contribution in [0.15, 0.2) is 63.8 Å². The van der Waals surface area contributed by atoms with E-state index in [2.05, 4.69) is 0 Å². The number of fused-ring (bicyclic) bond motifs is 2. The maximum absolute atomic E-state index is 12.4. The smallest absolute Gasteiger partial charge is 0.336 e. The van der Waals surface area contributed by atoms with Gasteiger partial charge in [-0.1, -0.05) is 12.1 Å². The molecule has 6 heteroatoms. The Hall–Kier alpha value is -3.54. The van der Waals surface area contributed by atoms with Gasteiger partial charge >= 0.3 is 11.6 Å². The van der Waals surface area contributed by atoms with Crippen molar-refractivity contribution in [3.63, 3.8) is 0 Å². The molecule has 2 heterocycles. The summed E-state index contributed by atoms with van der Waals surface area (Å²) >= 11 is 0. The lowest BCUT2D eigenvalue weighted by Crippen LogP contribution is -2.48. The molecule has 6 nitrogen and oxygen atoms in total. The summed E-state index contributed by atoms with van der Waals surface area (Å²) in [5, 5.41) is 0.793. The van der Waals surface area contributed by atoms with Gasteiger partial charge in [-0.25, -0.2) is 9.59 Å². The third-order valence-corrected chi connectivity index (χ3v) is 5.14. The summed E-state index contributed by atoms with van der Waals surface area (Å²) in [4.78, 5) is 23.9. The molecule has 2 aromatic carbocycles. The fraction of sp³-hybridized carbons (Fsp3) is 0.250. The zero-order chi connectivity index (χ0) is 21.3. The summed E-state index contributed by atoms with van der Waals surface area (Å²) in [6.07, 6.45) is 3.13. The first kappa shape index (κ1) is 19.8. The van der Waals surface area contributed by atoms with Gasteiger partial charge in [-0.2, -0.15) is 0 Å². The van der Waals surface area contributed by atoms with Crippen LogP contribution in [0.1, 0.15) is 25.0 Å². The van der Waals surface area contributed by atoms with Gasteiger partial charge in [-0.15, -0.1) is 0 Å². The lowest BCUT2D eigenvalue weighted by atomic mass is 9.90. The van der Waals surface area contributed by atoms with Crippen LogP contribution in [0, 0.1) is 0 Å². The van der Waals surface area contributed by atoms with E-state index in [1.807, 2.05) is 44.2 Å². The fourth-order valence-corrected chi connectivity index (χ4v) is 3.44. The number of rotatable bonds is 4. The van der Waals surface area contributed by atoms with E-state index in [1.54, 1.807) is 25.3 Å². The topological polar surface area (TPSA) is 75.0 Å². The van der Waals surface area contributed by atoms with Crippen molar-refractivity contribution in [3.8, 4) is 11.5 Å². The molecule has 0 spiro atoms. The summed E-state index contributed by atoms with van der Waals surface area (Å²) in [6.45, 7) is 3.73. The SMILES string of the molecule is COc1ccc(/C=C/C(=O)OC2Cc3cc4ccc(=O)oc4cc3OC2(C)C)cc1. The second-order valence-corrected chi connectivity index (χ2v) is 7.69. The fourth-order valence-electron chi connectivity index (χ4n) is 3.44. The predicted octanol–water partition coefficient (Wildman–Crippen LogP) is 4.14. The quantitative estimate of drug-likeness (QED) is 0.368. The molecule has 1 atom stereocenters. The Kier molecular flexibility index (Phi) is 5.08. The molecule has 1 aromatic heterocycles. The van der Waals surface area contributed by atoms with Crippen molar-refractivity contribution in [3.05, 3.63) is 76.2 Å². The van der Waals surface area contributed by atoms with Crippen LogP contribution in [0.2, 0.25) is 0 Å². The molecule has 1 unspecified atom stereocenters. The Morgan fingerprint density at radius 1 is 1.13 bits per heavy atom. The van der Waals surface area contributed by atoms with Crippen molar-refractivity contribution in [2.45, 2.75) is 32.0 Å². The first-order valence-electron chi connectivity index (χ1n) is 9.62. The molecule has 0 saturated carbocycles. The van der Waals surface area contributed by atoms with Crippen molar-refractivity contribution in [2.24, 2.45) is 0 Å². The van der Waals surface area contributed by atoms with Gasteiger partial charge in [0.25, 0.3) is 0 Å². The predicted molar refractivity (Wildman–Crippen MR) is 113 cm³/mol. The maximum atomic E-state index is 12.4. The molecule has 0 amide bonds. The van der Waals surface area contributed by atoms with E-state index in [9.17, 15) is 9.59 Å². The van der Waals surface area contributed by atoms with E-state index >= 15 is 0 Å². The molecule has 1 aliphatic heterocycles. The number of hydrogen-bond donors (Lipinski definition) is 0. The molecule has 30 heavy (non-hydrogen) atoms. The summed E-state index contributed by atoms with van der Waals surface area (Å²) in [7, 11) is 1.60. The number of carbonyl (C=O) groups excluding carboxylic acids is 1. The minimum atomic E-state index is -0.737. The van der Waals surface area contributed by atoms with Crippen LogP contribution in [0.25, 0.3) is 17.0 Å². The number of methoxy groups -OCH3 is 1. The summed E-state index contributed by atoms with van der Waals surface area (Å²) in [5.41, 5.74) is 1.08. The van der Waals surface area contributed by atoms with Gasteiger partial charge in [0.1, 0.15) is 28.8 Å². The van der Waals surface area contributed by atoms with E-state index in [0.29, 0.717) is 17.8 Å². The zero-order valence-electron chi connectivity index (χ0n) is 17.0. The maximum Gasteiger partial charge on any atom is 0.336 e. The normalized spacial score (nSPS) is 17.4. The van der Waals surface area contributed by atoms with Gasteiger partial charge < -0.3 is 18.6 Å². The van der Waals surface area contributed by atoms with Crippen molar-refractivity contribution < 1.29 is 23.4 Å². The van der Waals surface area contributed by atoms with Gasteiger partial charge in [0, 0.05) is 30.0 Å². The highest BCUT2D eigenvalue weighted by molar-refractivity contribution is 5.87. The summed E-state index contributed by atoms with van der Waals surface area (Å²) < 4.78 is 22.2. The van der Waals surface area contributed by atoms with Gasteiger partial charge in [0.05, 0.1) is 7.11 Å². The van der Waals surface area contributed by atoms with E-state index in [1.165, 1.54) is 12.1 Å². The lowest BCUT2D eigenvalue weighted by molar-refractivity contribution is -0.155. The highest BCUT2D eigenvalue weighted by Gasteiger charge is 2.39. The van der Waals surface area contributed by atoms with Gasteiger partial charge in [0.2, 0.25) is 0 Å². The van der Waals surface area contributed by atoms with Crippen LogP contribution in [0.4, 0.5) is 0 Å². The third-order valence-electron chi connectivity index (χ3n) is 5.14. The van der Waals surface area contributed by atoms with Crippen molar-refractivity contribution in [1.29, 1.82) is 0 Å². The Bertz CT molecular complexity index is 1170. The van der Waals surface area contributed by atoms with Gasteiger partial charge in [-0.05, 0) is 55.3 Å². The molecule has 1 aliphatic rings. The summed E-state index contributed by atoms with van der Waals surface area (Å²) in [6, 6.07) is 14.1. The Morgan fingerprint density at radius 2 is 1.90 bits per heavy atom. The van der Waals surface area contributed by atoms with Crippen LogP contribution < -0.4 is 15.1 Å². The van der Waals surface area contributed by atoms with Crippen LogP contribution in [-0.4, -0.2) is 24.8 Å². The monoisotopic (exact) mass is 406 g/mol. The Balaban J connectivity index is 1.51. The number of hydrogen-bond acceptors (Lipinski definition) is 6. The molecule has 154 valence electrons. The van der Waals surface area contributed by atoms with E-state index in [0.717, 1.165) is 22.3 Å². The van der Waals surface area contributed by atoms with Crippen LogP contribution in [-0.2, 0) is 16.0 Å². The lowest BCUT2D eigenvalue weighted by Gasteiger charge is -2.39. The summed E-state index contributed by atoms with van der Waals surface area (Å²) in [5.74, 6) is 0.937. The minimum Gasteiger partial charge on any atom is -0.497 e. The molecule has 3 aromatic rings. The minimum absolute atomic E-state index is 0.409. The van der Waals surface area contributed by atoms with Crippen molar-refractivity contribution in [2.75, 3.05) is 7.11 Å². The zero-order valence-corrected chi connectivity index (χ0v) is 17.0. The van der Waals surface area contributed by atoms with Gasteiger partial charge in [-0.3, -0.25) is 0 Å². The second kappa shape index (κ2) is 7.71. The van der Waals surface area contributed by atoms with E-state index in [4.69, 9.17) is 18.6 Å². The number of benzene rings is 2.